The maximum atomic E-state index is 12.6. The number of nitrogens with one attached hydrogen (secondary N) is 1. The van der Waals surface area contributed by atoms with Crippen LogP contribution in [0, 0.1) is 0 Å². The minimum absolute atomic E-state index is 0.103. The van der Waals surface area contributed by atoms with Crippen LogP contribution in [0.15, 0.2) is 24.3 Å². The standard InChI is InChI=1S/C11H12F3N3O2/c1-10(16,11(12,13)14)9(19)17-7-5-3-2-4-6(7)8(15)18/h2-5H,16H2,1H3,(H2,15,18)(H,17,19). The molecule has 0 spiro atoms. The molecule has 0 saturated carbocycles. The van der Waals surface area contributed by atoms with E-state index in [4.69, 9.17) is 11.5 Å². The second-order valence-corrected chi connectivity index (χ2v) is 4.06. The van der Waals surface area contributed by atoms with E-state index in [2.05, 4.69) is 0 Å². The summed E-state index contributed by atoms with van der Waals surface area (Å²) in [5.41, 5.74) is 6.70. The molecule has 2 amide bonds. The molecule has 1 aromatic carbocycles. The van der Waals surface area contributed by atoms with Gasteiger partial charge in [-0.2, -0.15) is 13.2 Å². The molecule has 0 fully saturated rings. The summed E-state index contributed by atoms with van der Waals surface area (Å²) in [6, 6.07) is 5.43. The molecule has 0 saturated heterocycles. The van der Waals surface area contributed by atoms with Crippen LogP contribution in [0.3, 0.4) is 0 Å². The van der Waals surface area contributed by atoms with Gasteiger partial charge in [-0.3, -0.25) is 9.59 Å². The van der Waals surface area contributed by atoms with Crippen molar-refractivity contribution in [3.8, 4) is 0 Å². The van der Waals surface area contributed by atoms with Gasteiger partial charge in [0.25, 0.3) is 11.8 Å². The first-order valence-corrected chi connectivity index (χ1v) is 5.13. The zero-order chi connectivity index (χ0) is 14.8. The van der Waals surface area contributed by atoms with E-state index in [1.807, 2.05) is 5.32 Å². The third-order valence-electron chi connectivity index (χ3n) is 2.50. The Bertz CT molecular complexity index is 512. The SMILES string of the molecule is CC(N)(C(=O)Nc1ccccc1C(N)=O)C(F)(F)F. The number of benzene rings is 1. The largest absolute Gasteiger partial charge is 0.415 e. The molecule has 19 heavy (non-hydrogen) atoms. The van der Waals surface area contributed by atoms with Crippen molar-refractivity contribution in [1.29, 1.82) is 0 Å². The molecule has 5 N–H and O–H groups in total. The van der Waals surface area contributed by atoms with Gasteiger partial charge in [0, 0.05) is 0 Å². The van der Waals surface area contributed by atoms with Crippen LogP contribution in [0.4, 0.5) is 18.9 Å². The first-order chi connectivity index (χ1) is 8.57. The van der Waals surface area contributed by atoms with Crippen molar-refractivity contribution >= 4 is 17.5 Å². The lowest BCUT2D eigenvalue weighted by Crippen LogP contribution is -2.59. The number of para-hydroxylation sites is 1. The summed E-state index contributed by atoms with van der Waals surface area (Å²) in [5.74, 6) is -2.35. The van der Waals surface area contributed by atoms with Gasteiger partial charge in [-0.25, -0.2) is 0 Å². The molecule has 0 aromatic heterocycles. The summed E-state index contributed by atoms with van der Waals surface area (Å²) in [5, 5.41) is 1.95. The Labute approximate surface area is 106 Å². The summed E-state index contributed by atoms with van der Waals surface area (Å²) in [6.45, 7) is 0.537. The normalized spacial score (nSPS) is 14.6. The average Bonchev–Trinajstić information content (AvgIpc) is 2.27. The van der Waals surface area contributed by atoms with Gasteiger partial charge in [-0.15, -0.1) is 0 Å². The number of amides is 2. The van der Waals surface area contributed by atoms with E-state index in [-0.39, 0.29) is 11.3 Å². The van der Waals surface area contributed by atoms with Gasteiger partial charge in [-0.1, -0.05) is 12.1 Å². The Balaban J connectivity index is 3.05. The lowest BCUT2D eigenvalue weighted by Gasteiger charge is -2.26. The first kappa shape index (κ1) is 15.0. The molecule has 104 valence electrons. The van der Waals surface area contributed by atoms with Crippen molar-refractivity contribution in [3.05, 3.63) is 29.8 Å². The van der Waals surface area contributed by atoms with Gasteiger partial charge in [0.15, 0.2) is 5.54 Å². The number of nitrogens with two attached hydrogens (primary N) is 2. The van der Waals surface area contributed by atoms with E-state index >= 15 is 0 Å². The predicted octanol–water partition coefficient (Wildman–Crippen LogP) is 1.00. The first-order valence-electron chi connectivity index (χ1n) is 5.13. The quantitative estimate of drug-likeness (QED) is 0.767. The van der Waals surface area contributed by atoms with E-state index in [1.165, 1.54) is 24.3 Å². The number of anilines is 1. The number of rotatable bonds is 3. The van der Waals surface area contributed by atoms with Crippen molar-refractivity contribution in [1.82, 2.24) is 0 Å². The van der Waals surface area contributed by atoms with Crippen LogP contribution < -0.4 is 16.8 Å². The lowest BCUT2D eigenvalue weighted by molar-refractivity contribution is -0.184. The zero-order valence-electron chi connectivity index (χ0n) is 9.91. The van der Waals surface area contributed by atoms with Crippen LogP contribution >= 0.6 is 0 Å². The minimum atomic E-state index is -4.92. The highest BCUT2D eigenvalue weighted by Gasteiger charge is 2.54. The second kappa shape index (κ2) is 4.88. The zero-order valence-corrected chi connectivity index (χ0v) is 9.91. The average molecular weight is 275 g/mol. The fraction of sp³-hybridized carbons (Fsp3) is 0.273. The molecular formula is C11H12F3N3O2. The Morgan fingerprint density at radius 1 is 1.21 bits per heavy atom. The molecular weight excluding hydrogens is 263 g/mol. The molecule has 5 nitrogen and oxygen atoms in total. The molecule has 8 heteroatoms. The highest BCUT2D eigenvalue weighted by molar-refractivity contribution is 6.05. The molecule has 0 aliphatic rings. The third-order valence-corrected chi connectivity index (χ3v) is 2.50. The number of primary amides is 1. The molecule has 0 aliphatic carbocycles. The molecule has 1 unspecified atom stereocenters. The number of hydrogen-bond donors (Lipinski definition) is 3. The summed E-state index contributed by atoms with van der Waals surface area (Å²) in [4.78, 5) is 22.6. The van der Waals surface area contributed by atoms with E-state index < -0.39 is 23.5 Å². The van der Waals surface area contributed by atoms with Crippen LogP contribution in [0.1, 0.15) is 17.3 Å². The van der Waals surface area contributed by atoms with Gasteiger partial charge < -0.3 is 16.8 Å². The predicted molar refractivity (Wildman–Crippen MR) is 62.2 cm³/mol. The fourth-order valence-corrected chi connectivity index (χ4v) is 1.19. The van der Waals surface area contributed by atoms with Gasteiger partial charge in [0.05, 0.1) is 11.3 Å². The van der Waals surface area contributed by atoms with Crippen molar-refractivity contribution in [3.63, 3.8) is 0 Å². The van der Waals surface area contributed by atoms with E-state index in [0.29, 0.717) is 6.92 Å². The fourth-order valence-electron chi connectivity index (χ4n) is 1.19. The lowest BCUT2D eigenvalue weighted by atomic mass is 10.0. The molecule has 1 atom stereocenters. The van der Waals surface area contributed by atoms with E-state index in [1.54, 1.807) is 0 Å². The molecule has 0 heterocycles. The van der Waals surface area contributed by atoms with E-state index in [0.717, 1.165) is 0 Å². The monoisotopic (exact) mass is 275 g/mol. The van der Waals surface area contributed by atoms with Crippen LogP contribution in [0.25, 0.3) is 0 Å². The molecule has 0 bridgehead atoms. The van der Waals surface area contributed by atoms with Gasteiger partial charge >= 0.3 is 6.18 Å². The van der Waals surface area contributed by atoms with Crippen molar-refractivity contribution in [2.24, 2.45) is 11.5 Å². The van der Waals surface area contributed by atoms with Gasteiger partial charge in [-0.05, 0) is 19.1 Å². The Hall–Kier alpha value is -2.09. The number of hydrogen-bond acceptors (Lipinski definition) is 3. The Kier molecular flexibility index (Phi) is 3.85. The van der Waals surface area contributed by atoms with Crippen LogP contribution in [0.2, 0.25) is 0 Å². The summed E-state index contributed by atoms with van der Waals surface area (Å²) >= 11 is 0. The molecule has 0 radical (unpaired) electrons. The van der Waals surface area contributed by atoms with Gasteiger partial charge in [0.1, 0.15) is 0 Å². The molecule has 1 aromatic rings. The molecule has 1 rings (SSSR count). The number of carbonyl (C=O) groups excluding carboxylic acids is 2. The van der Waals surface area contributed by atoms with Crippen molar-refractivity contribution in [2.45, 2.75) is 18.6 Å². The smallest absolute Gasteiger partial charge is 0.366 e. The van der Waals surface area contributed by atoms with Crippen LogP contribution in [-0.2, 0) is 4.79 Å². The number of carbonyl (C=O) groups is 2. The maximum Gasteiger partial charge on any atom is 0.415 e. The topological polar surface area (TPSA) is 98.2 Å². The minimum Gasteiger partial charge on any atom is -0.366 e. The Morgan fingerprint density at radius 2 is 1.74 bits per heavy atom. The second-order valence-electron chi connectivity index (χ2n) is 4.06. The highest BCUT2D eigenvalue weighted by atomic mass is 19.4. The molecule has 0 aliphatic heterocycles. The van der Waals surface area contributed by atoms with Crippen LogP contribution in [0.5, 0.6) is 0 Å². The summed E-state index contributed by atoms with van der Waals surface area (Å²) in [7, 11) is 0. The van der Waals surface area contributed by atoms with E-state index in [9.17, 15) is 22.8 Å². The maximum absolute atomic E-state index is 12.6. The van der Waals surface area contributed by atoms with Gasteiger partial charge in [0.2, 0.25) is 0 Å². The number of alkyl halides is 3. The third kappa shape index (κ3) is 3.02. The Morgan fingerprint density at radius 3 is 2.21 bits per heavy atom. The summed E-state index contributed by atoms with van der Waals surface area (Å²) in [6.07, 6.45) is -4.92. The van der Waals surface area contributed by atoms with Crippen LogP contribution in [-0.4, -0.2) is 23.5 Å². The summed E-state index contributed by atoms with van der Waals surface area (Å²) < 4.78 is 37.7. The van der Waals surface area contributed by atoms with Crippen molar-refractivity contribution in [2.75, 3.05) is 5.32 Å². The van der Waals surface area contributed by atoms with Crippen molar-refractivity contribution < 1.29 is 22.8 Å². The highest BCUT2D eigenvalue weighted by Crippen LogP contribution is 2.29. The number of halogens is 3.